The van der Waals surface area contributed by atoms with Crippen molar-refractivity contribution in [3.05, 3.63) is 23.8 Å². The van der Waals surface area contributed by atoms with Gasteiger partial charge in [0.1, 0.15) is 0 Å². The number of likely N-dealkylation sites (tertiary alicyclic amines) is 1. The van der Waals surface area contributed by atoms with Crippen LogP contribution in [-0.2, 0) is 0 Å². The van der Waals surface area contributed by atoms with Crippen LogP contribution in [0.25, 0.3) is 0 Å². The quantitative estimate of drug-likeness (QED) is 0.901. The molecule has 0 radical (unpaired) electrons. The lowest BCUT2D eigenvalue weighted by Crippen LogP contribution is -2.39. The molecule has 2 fully saturated rings. The molecule has 132 valence electrons. The molecule has 5 nitrogen and oxygen atoms in total. The number of rotatable bonds is 5. The zero-order valence-electron chi connectivity index (χ0n) is 14.8. The minimum atomic E-state index is 0.106. The van der Waals surface area contributed by atoms with Crippen molar-refractivity contribution in [2.24, 2.45) is 5.41 Å². The van der Waals surface area contributed by atoms with Crippen LogP contribution in [0.4, 0.5) is 0 Å². The summed E-state index contributed by atoms with van der Waals surface area (Å²) in [4.78, 5) is 14.9. The second-order valence-corrected chi connectivity index (χ2v) is 6.75. The SMILES string of the molecule is CCOc1ccc(C(=O)N2CCC3(CCNCC3)C2)cc1OCC. The zero-order chi connectivity index (χ0) is 17.0. The normalized spacial score (nSPS) is 19.5. The Hall–Kier alpha value is -1.75. The minimum Gasteiger partial charge on any atom is -0.490 e. The van der Waals surface area contributed by atoms with Gasteiger partial charge in [0.25, 0.3) is 5.91 Å². The van der Waals surface area contributed by atoms with Crippen LogP contribution in [0.2, 0.25) is 0 Å². The molecular formula is C19H28N2O3. The van der Waals surface area contributed by atoms with Gasteiger partial charge in [-0.15, -0.1) is 0 Å². The second kappa shape index (κ2) is 7.43. The molecule has 0 saturated carbocycles. The van der Waals surface area contributed by atoms with Crippen molar-refractivity contribution in [2.75, 3.05) is 39.4 Å². The van der Waals surface area contributed by atoms with Gasteiger partial charge < -0.3 is 19.7 Å². The van der Waals surface area contributed by atoms with Gasteiger partial charge in [0.05, 0.1) is 13.2 Å². The molecule has 0 atom stereocenters. The fourth-order valence-corrected chi connectivity index (χ4v) is 3.84. The summed E-state index contributed by atoms with van der Waals surface area (Å²) >= 11 is 0. The van der Waals surface area contributed by atoms with Crippen LogP contribution in [0, 0.1) is 5.41 Å². The second-order valence-electron chi connectivity index (χ2n) is 6.75. The fraction of sp³-hybridized carbons (Fsp3) is 0.632. The van der Waals surface area contributed by atoms with Crippen LogP contribution >= 0.6 is 0 Å². The highest BCUT2D eigenvalue weighted by Crippen LogP contribution is 2.39. The van der Waals surface area contributed by atoms with Gasteiger partial charge in [0.2, 0.25) is 0 Å². The molecule has 2 heterocycles. The highest BCUT2D eigenvalue weighted by atomic mass is 16.5. The van der Waals surface area contributed by atoms with E-state index >= 15 is 0 Å². The maximum absolute atomic E-state index is 12.9. The molecule has 2 aliphatic rings. The monoisotopic (exact) mass is 332 g/mol. The number of ether oxygens (including phenoxy) is 2. The van der Waals surface area contributed by atoms with E-state index in [1.807, 2.05) is 36.9 Å². The molecular weight excluding hydrogens is 304 g/mol. The topological polar surface area (TPSA) is 50.8 Å². The van der Waals surface area contributed by atoms with Gasteiger partial charge in [-0.2, -0.15) is 0 Å². The zero-order valence-corrected chi connectivity index (χ0v) is 14.8. The number of carbonyl (C=O) groups is 1. The summed E-state index contributed by atoms with van der Waals surface area (Å²) in [5, 5.41) is 3.42. The van der Waals surface area contributed by atoms with Crippen molar-refractivity contribution < 1.29 is 14.3 Å². The Labute approximate surface area is 144 Å². The first kappa shape index (κ1) is 17.1. The maximum Gasteiger partial charge on any atom is 0.254 e. The van der Waals surface area contributed by atoms with Crippen LogP contribution in [0.3, 0.4) is 0 Å². The number of piperidine rings is 1. The minimum absolute atomic E-state index is 0.106. The Morgan fingerprint density at radius 3 is 2.54 bits per heavy atom. The summed E-state index contributed by atoms with van der Waals surface area (Å²) in [5.41, 5.74) is 1.02. The van der Waals surface area contributed by atoms with E-state index < -0.39 is 0 Å². The van der Waals surface area contributed by atoms with Gasteiger partial charge in [-0.25, -0.2) is 0 Å². The lowest BCUT2D eigenvalue weighted by atomic mass is 9.78. The number of amides is 1. The Morgan fingerprint density at radius 1 is 1.12 bits per heavy atom. The maximum atomic E-state index is 12.9. The molecule has 0 aromatic heterocycles. The largest absolute Gasteiger partial charge is 0.490 e. The highest BCUT2D eigenvalue weighted by Gasteiger charge is 2.40. The van der Waals surface area contributed by atoms with E-state index in [-0.39, 0.29) is 5.91 Å². The number of benzene rings is 1. The van der Waals surface area contributed by atoms with E-state index in [4.69, 9.17) is 9.47 Å². The fourth-order valence-electron chi connectivity index (χ4n) is 3.84. The first-order valence-corrected chi connectivity index (χ1v) is 9.07. The summed E-state index contributed by atoms with van der Waals surface area (Å²) in [6.07, 6.45) is 3.46. The molecule has 0 aliphatic carbocycles. The number of hydrogen-bond acceptors (Lipinski definition) is 4. The van der Waals surface area contributed by atoms with E-state index in [2.05, 4.69) is 5.32 Å². The van der Waals surface area contributed by atoms with Crippen molar-refractivity contribution in [1.82, 2.24) is 10.2 Å². The average molecular weight is 332 g/mol. The van der Waals surface area contributed by atoms with E-state index in [1.165, 1.54) is 12.8 Å². The Bertz CT molecular complexity index is 582. The molecule has 2 aliphatic heterocycles. The molecule has 2 saturated heterocycles. The van der Waals surface area contributed by atoms with Crippen molar-refractivity contribution in [1.29, 1.82) is 0 Å². The molecule has 1 aromatic carbocycles. The summed E-state index contributed by atoms with van der Waals surface area (Å²) < 4.78 is 11.2. The Kier molecular flexibility index (Phi) is 5.29. The van der Waals surface area contributed by atoms with Gasteiger partial charge in [-0.3, -0.25) is 4.79 Å². The molecule has 1 aromatic rings. The molecule has 1 amide bonds. The third-order valence-corrected chi connectivity index (χ3v) is 5.18. The lowest BCUT2D eigenvalue weighted by molar-refractivity contribution is 0.0761. The van der Waals surface area contributed by atoms with Crippen LogP contribution in [0.15, 0.2) is 18.2 Å². The number of hydrogen-bond donors (Lipinski definition) is 1. The third kappa shape index (κ3) is 3.51. The smallest absolute Gasteiger partial charge is 0.254 e. The van der Waals surface area contributed by atoms with Gasteiger partial charge in [-0.1, -0.05) is 0 Å². The van der Waals surface area contributed by atoms with Crippen LogP contribution < -0.4 is 14.8 Å². The lowest BCUT2D eigenvalue weighted by Gasteiger charge is -2.33. The van der Waals surface area contributed by atoms with Crippen molar-refractivity contribution >= 4 is 5.91 Å². The van der Waals surface area contributed by atoms with Gasteiger partial charge >= 0.3 is 0 Å². The highest BCUT2D eigenvalue weighted by molar-refractivity contribution is 5.95. The van der Waals surface area contributed by atoms with E-state index in [0.29, 0.717) is 35.7 Å². The predicted molar refractivity (Wildman–Crippen MR) is 93.8 cm³/mol. The Morgan fingerprint density at radius 2 is 1.83 bits per heavy atom. The van der Waals surface area contributed by atoms with E-state index in [9.17, 15) is 4.79 Å². The summed E-state index contributed by atoms with van der Waals surface area (Å²) in [7, 11) is 0. The molecule has 0 unspecified atom stereocenters. The standard InChI is InChI=1S/C19H28N2O3/c1-3-23-16-6-5-15(13-17(16)24-4-2)18(22)21-12-9-19(14-21)7-10-20-11-8-19/h5-6,13,20H,3-4,7-12,14H2,1-2H3. The molecule has 24 heavy (non-hydrogen) atoms. The molecule has 1 spiro atoms. The number of carbonyl (C=O) groups excluding carboxylic acids is 1. The van der Waals surface area contributed by atoms with Crippen LogP contribution in [-0.4, -0.2) is 50.2 Å². The average Bonchev–Trinajstić information content (AvgIpc) is 3.00. The summed E-state index contributed by atoms with van der Waals surface area (Å²) in [6.45, 7) is 8.89. The summed E-state index contributed by atoms with van der Waals surface area (Å²) in [5.74, 6) is 1.46. The van der Waals surface area contributed by atoms with Crippen LogP contribution in [0.1, 0.15) is 43.5 Å². The third-order valence-electron chi connectivity index (χ3n) is 5.18. The molecule has 3 rings (SSSR count). The Balaban J connectivity index is 1.74. The van der Waals surface area contributed by atoms with Gasteiger partial charge in [0, 0.05) is 18.7 Å². The van der Waals surface area contributed by atoms with Crippen molar-refractivity contribution in [3.8, 4) is 11.5 Å². The number of nitrogens with one attached hydrogen (secondary N) is 1. The van der Waals surface area contributed by atoms with Crippen LogP contribution in [0.5, 0.6) is 11.5 Å². The molecule has 0 bridgehead atoms. The van der Waals surface area contributed by atoms with E-state index in [1.54, 1.807) is 0 Å². The van der Waals surface area contributed by atoms with Crippen molar-refractivity contribution in [2.45, 2.75) is 33.1 Å². The number of nitrogens with zero attached hydrogens (tertiary/aromatic N) is 1. The summed E-state index contributed by atoms with van der Waals surface area (Å²) in [6, 6.07) is 5.52. The first-order valence-electron chi connectivity index (χ1n) is 9.07. The van der Waals surface area contributed by atoms with Gasteiger partial charge in [0.15, 0.2) is 11.5 Å². The molecule has 5 heteroatoms. The van der Waals surface area contributed by atoms with E-state index in [0.717, 1.165) is 32.6 Å². The van der Waals surface area contributed by atoms with Crippen molar-refractivity contribution in [3.63, 3.8) is 0 Å². The molecule has 1 N–H and O–H groups in total. The first-order chi connectivity index (χ1) is 11.7. The van der Waals surface area contributed by atoms with Gasteiger partial charge in [-0.05, 0) is 69.8 Å². The predicted octanol–water partition coefficient (Wildman–Crippen LogP) is 2.70.